The van der Waals surface area contributed by atoms with Gasteiger partial charge < -0.3 is 14.8 Å². The molecule has 0 spiro atoms. The van der Waals surface area contributed by atoms with Crippen molar-refractivity contribution in [2.24, 2.45) is 0 Å². The van der Waals surface area contributed by atoms with Gasteiger partial charge in [0.05, 0.1) is 4.47 Å². The van der Waals surface area contributed by atoms with Crippen LogP contribution >= 0.6 is 15.9 Å². The molecule has 0 aliphatic carbocycles. The van der Waals surface area contributed by atoms with Gasteiger partial charge in [-0.15, -0.1) is 0 Å². The number of benzene rings is 1. The Hall–Kier alpha value is -0.740. The molecule has 0 bridgehead atoms. The van der Waals surface area contributed by atoms with Crippen molar-refractivity contribution in [3.05, 3.63) is 21.7 Å². The van der Waals surface area contributed by atoms with Crippen LogP contribution in [0.15, 0.2) is 10.5 Å². The summed E-state index contributed by atoms with van der Waals surface area (Å²) in [6.07, 6.45) is 2.39. The summed E-state index contributed by atoms with van der Waals surface area (Å²) in [5.41, 5.74) is 2.70. The van der Waals surface area contributed by atoms with E-state index in [2.05, 4.69) is 34.2 Å². The van der Waals surface area contributed by atoms with Gasteiger partial charge in [0, 0.05) is 0 Å². The maximum atomic E-state index is 5.53. The summed E-state index contributed by atoms with van der Waals surface area (Å²) in [5, 5.41) is 3.40. The zero-order valence-corrected chi connectivity index (χ0v) is 11.5. The Kier molecular flexibility index (Phi) is 3.01. The van der Waals surface area contributed by atoms with E-state index in [0.717, 1.165) is 29.1 Å². The van der Waals surface area contributed by atoms with Crippen LogP contribution in [-0.2, 0) is 0 Å². The molecule has 0 saturated carbocycles. The highest BCUT2D eigenvalue weighted by Gasteiger charge is 2.26. The molecule has 1 aromatic carbocycles. The van der Waals surface area contributed by atoms with Crippen molar-refractivity contribution in [3.63, 3.8) is 0 Å². The van der Waals surface area contributed by atoms with E-state index in [0.29, 0.717) is 12.7 Å². The Morgan fingerprint density at radius 2 is 2.06 bits per heavy atom. The Bertz CT molecular complexity index is 442. The first-order chi connectivity index (χ1) is 8.27. The number of ether oxygens (including phenoxy) is 2. The second-order valence-corrected chi connectivity index (χ2v) is 5.47. The maximum Gasteiger partial charge on any atom is 0.231 e. The second-order valence-electron chi connectivity index (χ2n) is 4.68. The second kappa shape index (κ2) is 4.50. The minimum atomic E-state index is 0.336. The molecule has 2 aliphatic rings. The third-order valence-electron chi connectivity index (χ3n) is 3.60. The van der Waals surface area contributed by atoms with E-state index in [1.165, 1.54) is 24.0 Å². The first kappa shape index (κ1) is 11.4. The summed E-state index contributed by atoms with van der Waals surface area (Å²) >= 11 is 3.69. The average molecular weight is 298 g/mol. The number of fused-ring (bicyclic) bond motifs is 1. The molecule has 2 heterocycles. The van der Waals surface area contributed by atoms with E-state index in [1.807, 2.05) is 0 Å². The molecule has 1 aromatic rings. The average Bonchev–Trinajstić information content (AvgIpc) is 2.78. The molecule has 0 atom stereocenters. The highest BCUT2D eigenvalue weighted by molar-refractivity contribution is 9.10. The van der Waals surface area contributed by atoms with Crippen molar-refractivity contribution in [2.45, 2.75) is 25.7 Å². The molecule has 4 heteroatoms. The van der Waals surface area contributed by atoms with E-state index in [-0.39, 0.29) is 0 Å². The first-order valence-corrected chi connectivity index (χ1v) is 6.86. The van der Waals surface area contributed by atoms with E-state index >= 15 is 0 Å². The van der Waals surface area contributed by atoms with Crippen LogP contribution in [0.2, 0.25) is 0 Å². The minimum Gasteiger partial charge on any atom is -0.454 e. The smallest absolute Gasteiger partial charge is 0.231 e. The lowest BCUT2D eigenvalue weighted by atomic mass is 9.87. The molecule has 0 radical (unpaired) electrons. The topological polar surface area (TPSA) is 30.5 Å². The van der Waals surface area contributed by atoms with Crippen LogP contribution < -0.4 is 14.8 Å². The number of aryl methyl sites for hydroxylation is 1. The summed E-state index contributed by atoms with van der Waals surface area (Å²) in [5.74, 6) is 2.37. The standard InChI is InChI=1S/C13H16BrNO2/c1-8-6-10-13(17-7-16-10)12(14)11(8)9-2-4-15-5-3-9/h6,9,15H,2-5,7H2,1H3. The molecule has 0 unspecified atom stereocenters. The molecular formula is C13H16BrNO2. The van der Waals surface area contributed by atoms with Crippen LogP contribution in [0.4, 0.5) is 0 Å². The molecule has 1 fully saturated rings. The molecule has 92 valence electrons. The Morgan fingerprint density at radius 3 is 2.82 bits per heavy atom. The number of hydrogen-bond donors (Lipinski definition) is 1. The van der Waals surface area contributed by atoms with Crippen molar-refractivity contribution in [1.29, 1.82) is 0 Å². The third-order valence-corrected chi connectivity index (χ3v) is 4.38. The van der Waals surface area contributed by atoms with E-state index < -0.39 is 0 Å². The summed E-state index contributed by atoms with van der Waals surface area (Å²) in [4.78, 5) is 0. The lowest BCUT2D eigenvalue weighted by Gasteiger charge is -2.26. The van der Waals surface area contributed by atoms with Crippen LogP contribution in [0.5, 0.6) is 11.5 Å². The monoisotopic (exact) mass is 297 g/mol. The number of hydrogen-bond acceptors (Lipinski definition) is 3. The Morgan fingerprint density at radius 1 is 1.29 bits per heavy atom. The zero-order valence-electron chi connectivity index (χ0n) is 9.88. The molecule has 3 rings (SSSR count). The van der Waals surface area contributed by atoms with Crippen LogP contribution in [0.3, 0.4) is 0 Å². The van der Waals surface area contributed by atoms with Crippen LogP contribution in [0, 0.1) is 6.92 Å². The molecule has 3 nitrogen and oxygen atoms in total. The molecule has 0 amide bonds. The Balaban J connectivity index is 2.03. The summed E-state index contributed by atoms with van der Waals surface area (Å²) in [6.45, 7) is 4.70. The van der Waals surface area contributed by atoms with Gasteiger partial charge in [-0.25, -0.2) is 0 Å². The molecular weight excluding hydrogens is 282 g/mol. The van der Waals surface area contributed by atoms with Crippen molar-refractivity contribution >= 4 is 15.9 Å². The van der Waals surface area contributed by atoms with Gasteiger partial charge in [-0.1, -0.05) is 0 Å². The van der Waals surface area contributed by atoms with Gasteiger partial charge in [-0.3, -0.25) is 0 Å². The summed E-state index contributed by atoms with van der Waals surface area (Å²) in [7, 11) is 0. The third kappa shape index (κ3) is 1.93. The lowest BCUT2D eigenvalue weighted by molar-refractivity contribution is 0.173. The fourth-order valence-corrected chi connectivity index (χ4v) is 3.70. The summed E-state index contributed by atoms with van der Waals surface area (Å²) in [6, 6.07) is 2.10. The molecule has 1 N–H and O–H groups in total. The van der Waals surface area contributed by atoms with Crippen molar-refractivity contribution < 1.29 is 9.47 Å². The summed E-state index contributed by atoms with van der Waals surface area (Å²) < 4.78 is 12.1. The van der Waals surface area contributed by atoms with E-state index in [4.69, 9.17) is 9.47 Å². The number of nitrogens with one attached hydrogen (secondary N) is 1. The van der Waals surface area contributed by atoms with Gasteiger partial charge in [0.15, 0.2) is 11.5 Å². The quantitative estimate of drug-likeness (QED) is 0.864. The normalized spacial score (nSPS) is 19.6. The number of halogens is 1. The van der Waals surface area contributed by atoms with Crippen LogP contribution in [-0.4, -0.2) is 19.9 Å². The fraction of sp³-hybridized carbons (Fsp3) is 0.538. The van der Waals surface area contributed by atoms with E-state index in [9.17, 15) is 0 Å². The van der Waals surface area contributed by atoms with Crippen molar-refractivity contribution in [1.82, 2.24) is 5.32 Å². The van der Waals surface area contributed by atoms with Crippen molar-refractivity contribution in [3.8, 4) is 11.5 Å². The highest BCUT2D eigenvalue weighted by Crippen LogP contribution is 2.46. The maximum absolute atomic E-state index is 5.53. The van der Waals surface area contributed by atoms with Crippen molar-refractivity contribution in [2.75, 3.05) is 19.9 Å². The lowest BCUT2D eigenvalue weighted by Crippen LogP contribution is -2.27. The van der Waals surface area contributed by atoms with Gasteiger partial charge in [0.1, 0.15) is 0 Å². The predicted molar refractivity (Wildman–Crippen MR) is 69.8 cm³/mol. The number of rotatable bonds is 1. The minimum absolute atomic E-state index is 0.336. The zero-order chi connectivity index (χ0) is 11.8. The van der Waals surface area contributed by atoms with Gasteiger partial charge in [0.2, 0.25) is 6.79 Å². The van der Waals surface area contributed by atoms with Crippen LogP contribution in [0.25, 0.3) is 0 Å². The SMILES string of the molecule is Cc1cc2c(c(Br)c1C1CCNCC1)OCO2. The van der Waals surface area contributed by atoms with Crippen LogP contribution in [0.1, 0.15) is 29.9 Å². The van der Waals surface area contributed by atoms with Gasteiger partial charge >= 0.3 is 0 Å². The highest BCUT2D eigenvalue weighted by atomic mass is 79.9. The number of piperidine rings is 1. The Labute approximate surface area is 110 Å². The van der Waals surface area contributed by atoms with Gasteiger partial charge in [-0.2, -0.15) is 0 Å². The molecule has 1 saturated heterocycles. The largest absolute Gasteiger partial charge is 0.454 e. The fourth-order valence-electron chi connectivity index (χ4n) is 2.75. The molecule has 2 aliphatic heterocycles. The first-order valence-electron chi connectivity index (χ1n) is 6.06. The van der Waals surface area contributed by atoms with E-state index in [1.54, 1.807) is 0 Å². The molecule has 0 aromatic heterocycles. The predicted octanol–water partition coefficient (Wildman–Crippen LogP) is 2.95. The van der Waals surface area contributed by atoms with Gasteiger partial charge in [-0.05, 0) is 71.9 Å². The molecule has 17 heavy (non-hydrogen) atoms. The van der Waals surface area contributed by atoms with Gasteiger partial charge in [0.25, 0.3) is 0 Å².